The lowest BCUT2D eigenvalue weighted by molar-refractivity contribution is -0.118. The zero-order chi connectivity index (χ0) is 12.5. The number of nitrogens with zero attached hydrogens (tertiary/aromatic N) is 2. The minimum atomic E-state index is -0.673. The van der Waals surface area contributed by atoms with Crippen LogP contribution >= 0.6 is 0 Å². The maximum Gasteiger partial charge on any atom is 0.0947 e. The van der Waals surface area contributed by atoms with Gasteiger partial charge < -0.3 is 5.11 Å². The Hall–Kier alpha value is -0.900. The third kappa shape index (κ3) is 2.37. The van der Waals surface area contributed by atoms with E-state index < -0.39 is 5.60 Å². The van der Waals surface area contributed by atoms with Gasteiger partial charge in [0, 0.05) is 33.1 Å². The van der Waals surface area contributed by atoms with Gasteiger partial charge in [-0.05, 0) is 12.0 Å². The molecule has 2 rings (SSSR count). The number of benzene rings is 1. The smallest absolute Gasteiger partial charge is 0.0947 e. The Bertz CT molecular complexity index is 366. The molecule has 1 saturated heterocycles. The Morgan fingerprint density at radius 1 is 1.29 bits per heavy atom. The molecule has 17 heavy (non-hydrogen) atoms. The van der Waals surface area contributed by atoms with Crippen LogP contribution in [0.25, 0.3) is 0 Å². The molecule has 0 aromatic heterocycles. The third-order valence-electron chi connectivity index (χ3n) is 3.89. The van der Waals surface area contributed by atoms with Gasteiger partial charge in [0.2, 0.25) is 0 Å². The summed E-state index contributed by atoms with van der Waals surface area (Å²) in [5, 5.41) is 15.3. The number of hydrogen-bond acceptors (Lipinski definition) is 3. The van der Waals surface area contributed by atoms with Gasteiger partial charge in [0.25, 0.3) is 0 Å². The first-order valence-corrected chi connectivity index (χ1v) is 6.24. The van der Waals surface area contributed by atoms with Gasteiger partial charge in [-0.25, -0.2) is 10.0 Å². The summed E-state index contributed by atoms with van der Waals surface area (Å²) in [4.78, 5) is 0. The Kier molecular flexibility index (Phi) is 3.52. The second-order valence-corrected chi connectivity index (χ2v) is 5.20. The van der Waals surface area contributed by atoms with Crippen LogP contribution in [0, 0.1) is 5.92 Å². The average molecular weight is 234 g/mol. The highest BCUT2D eigenvalue weighted by atomic mass is 16.3. The number of hydrazine groups is 1. The third-order valence-corrected chi connectivity index (χ3v) is 3.89. The second kappa shape index (κ2) is 4.77. The molecule has 1 aromatic carbocycles. The Balaban J connectivity index is 2.18. The van der Waals surface area contributed by atoms with Gasteiger partial charge >= 0.3 is 0 Å². The lowest BCUT2D eigenvalue weighted by atomic mass is 9.77. The first-order valence-electron chi connectivity index (χ1n) is 6.24. The molecule has 0 saturated carbocycles. The molecule has 0 unspecified atom stereocenters. The van der Waals surface area contributed by atoms with E-state index in [4.69, 9.17) is 0 Å². The van der Waals surface area contributed by atoms with Crippen LogP contribution in [0.4, 0.5) is 0 Å². The zero-order valence-electron chi connectivity index (χ0n) is 10.9. The van der Waals surface area contributed by atoms with Crippen molar-refractivity contribution in [3.05, 3.63) is 35.9 Å². The zero-order valence-corrected chi connectivity index (χ0v) is 10.9. The molecule has 0 amide bonds. The largest absolute Gasteiger partial charge is 0.385 e. The van der Waals surface area contributed by atoms with Gasteiger partial charge in [-0.3, -0.25) is 0 Å². The molecule has 3 nitrogen and oxygen atoms in total. The molecule has 0 aliphatic carbocycles. The quantitative estimate of drug-likeness (QED) is 0.843. The molecule has 0 spiro atoms. The van der Waals surface area contributed by atoms with Crippen molar-refractivity contribution in [2.45, 2.75) is 18.9 Å². The predicted octanol–water partition coefficient (Wildman–Crippen LogP) is 1.69. The fraction of sp³-hybridized carbons (Fsp3) is 0.571. The topological polar surface area (TPSA) is 26.7 Å². The van der Waals surface area contributed by atoms with Gasteiger partial charge in [-0.2, -0.15) is 0 Å². The fourth-order valence-electron chi connectivity index (χ4n) is 2.62. The van der Waals surface area contributed by atoms with Crippen LogP contribution in [0.2, 0.25) is 0 Å². The van der Waals surface area contributed by atoms with Crippen molar-refractivity contribution < 1.29 is 5.11 Å². The lowest BCUT2D eigenvalue weighted by Gasteiger charge is -2.45. The second-order valence-electron chi connectivity index (χ2n) is 5.20. The summed E-state index contributed by atoms with van der Waals surface area (Å²) in [5.41, 5.74) is 0.374. The monoisotopic (exact) mass is 234 g/mol. The predicted molar refractivity (Wildman–Crippen MR) is 69.4 cm³/mol. The number of aliphatic hydroxyl groups is 1. The van der Waals surface area contributed by atoms with Crippen LogP contribution in [0.3, 0.4) is 0 Å². The normalized spacial score (nSPS) is 30.8. The fourth-order valence-corrected chi connectivity index (χ4v) is 2.62. The van der Waals surface area contributed by atoms with Gasteiger partial charge in [-0.15, -0.1) is 0 Å². The molecule has 1 aliphatic heterocycles. The molecule has 1 aliphatic rings. The molecule has 0 radical (unpaired) electrons. The molecule has 1 N–H and O–H groups in total. The minimum absolute atomic E-state index is 0.237. The van der Waals surface area contributed by atoms with E-state index in [1.54, 1.807) is 0 Å². The average Bonchev–Trinajstić information content (AvgIpc) is 2.33. The summed E-state index contributed by atoms with van der Waals surface area (Å²) in [6, 6.07) is 10.0. The summed E-state index contributed by atoms with van der Waals surface area (Å²) in [5.74, 6) is 0.237. The van der Waals surface area contributed by atoms with E-state index in [-0.39, 0.29) is 5.92 Å². The summed E-state index contributed by atoms with van der Waals surface area (Å²) in [6.07, 6.45) is 0.788. The molecule has 2 atom stereocenters. The van der Waals surface area contributed by atoms with Crippen LogP contribution in [0.5, 0.6) is 0 Å². The maximum atomic E-state index is 10.9. The molecule has 0 bridgehead atoms. The van der Waals surface area contributed by atoms with Crippen molar-refractivity contribution >= 4 is 0 Å². The van der Waals surface area contributed by atoms with Gasteiger partial charge in [0.15, 0.2) is 0 Å². The van der Waals surface area contributed by atoms with E-state index in [0.29, 0.717) is 0 Å². The molecular weight excluding hydrogens is 212 g/mol. The highest BCUT2D eigenvalue weighted by molar-refractivity contribution is 5.24. The summed E-state index contributed by atoms with van der Waals surface area (Å²) >= 11 is 0. The maximum absolute atomic E-state index is 10.9. The van der Waals surface area contributed by atoms with Crippen LogP contribution in [0.1, 0.15) is 18.9 Å². The molecular formula is C14H22N2O. The SMILES string of the molecule is C[C@H]1CN(N(C)C)CC[C@]1(O)c1ccccc1. The van der Waals surface area contributed by atoms with E-state index in [2.05, 4.69) is 31.0 Å². The molecule has 94 valence electrons. The highest BCUT2D eigenvalue weighted by Gasteiger charge is 2.40. The van der Waals surface area contributed by atoms with Crippen molar-refractivity contribution in [1.29, 1.82) is 0 Å². The first kappa shape index (κ1) is 12.6. The van der Waals surface area contributed by atoms with Crippen LogP contribution < -0.4 is 0 Å². The molecule has 1 heterocycles. The lowest BCUT2D eigenvalue weighted by Crippen LogP contribution is -2.52. The van der Waals surface area contributed by atoms with Crippen LogP contribution in [-0.4, -0.2) is 42.3 Å². The molecule has 1 fully saturated rings. The number of rotatable bonds is 2. The van der Waals surface area contributed by atoms with Crippen molar-refractivity contribution in [1.82, 2.24) is 10.0 Å². The van der Waals surface area contributed by atoms with E-state index in [0.717, 1.165) is 25.1 Å². The van der Waals surface area contributed by atoms with E-state index in [1.165, 1.54) is 0 Å². The van der Waals surface area contributed by atoms with Crippen molar-refractivity contribution in [2.75, 3.05) is 27.2 Å². The molecule has 1 aromatic rings. The van der Waals surface area contributed by atoms with Gasteiger partial charge in [-0.1, -0.05) is 37.3 Å². The van der Waals surface area contributed by atoms with Crippen molar-refractivity contribution in [2.24, 2.45) is 5.92 Å². The Morgan fingerprint density at radius 3 is 2.47 bits per heavy atom. The van der Waals surface area contributed by atoms with Crippen molar-refractivity contribution in [3.63, 3.8) is 0 Å². The Labute approximate surface area is 104 Å². The van der Waals surface area contributed by atoms with Crippen molar-refractivity contribution in [3.8, 4) is 0 Å². The highest BCUT2D eigenvalue weighted by Crippen LogP contribution is 2.37. The standard InChI is InChI=1S/C14H22N2O/c1-12-11-16(15(2)3)10-9-14(12,17)13-7-5-4-6-8-13/h4-8,12,17H,9-11H2,1-3H3/t12-,14+/m0/s1. The van der Waals surface area contributed by atoms with E-state index in [1.807, 2.05) is 30.3 Å². The number of hydrogen-bond donors (Lipinski definition) is 1. The van der Waals surface area contributed by atoms with Gasteiger partial charge in [0.1, 0.15) is 0 Å². The van der Waals surface area contributed by atoms with Crippen LogP contribution in [-0.2, 0) is 5.60 Å². The molecule has 3 heteroatoms. The van der Waals surface area contributed by atoms with Crippen LogP contribution in [0.15, 0.2) is 30.3 Å². The number of piperidine rings is 1. The first-order chi connectivity index (χ1) is 8.04. The van der Waals surface area contributed by atoms with Gasteiger partial charge in [0.05, 0.1) is 5.60 Å². The summed E-state index contributed by atoms with van der Waals surface area (Å²) in [6.45, 7) is 3.93. The minimum Gasteiger partial charge on any atom is -0.385 e. The summed E-state index contributed by atoms with van der Waals surface area (Å²) in [7, 11) is 4.11. The van der Waals surface area contributed by atoms with E-state index >= 15 is 0 Å². The Morgan fingerprint density at radius 2 is 1.94 bits per heavy atom. The van der Waals surface area contributed by atoms with E-state index in [9.17, 15) is 5.11 Å². The summed E-state index contributed by atoms with van der Waals surface area (Å²) < 4.78 is 0.